The second-order valence-corrected chi connectivity index (χ2v) is 7.35. The van der Waals surface area contributed by atoms with E-state index < -0.39 is 9.84 Å². The summed E-state index contributed by atoms with van der Waals surface area (Å²) < 4.78 is 26.4. The molecule has 3 aromatic rings. The highest BCUT2D eigenvalue weighted by atomic mass is 35.5. The lowest BCUT2D eigenvalue weighted by molar-refractivity contribution is 0.586. The number of fused-ring (bicyclic) bond motifs is 1. The Labute approximate surface area is 132 Å². The Morgan fingerprint density at radius 3 is 2.68 bits per heavy atom. The zero-order chi connectivity index (χ0) is 15.9. The van der Waals surface area contributed by atoms with Crippen molar-refractivity contribution < 1.29 is 8.42 Å². The second kappa shape index (κ2) is 5.33. The minimum absolute atomic E-state index is 0.206. The molecule has 0 saturated heterocycles. The van der Waals surface area contributed by atoms with E-state index in [2.05, 4.69) is 15.1 Å². The van der Waals surface area contributed by atoms with Crippen LogP contribution in [0.3, 0.4) is 0 Å². The highest BCUT2D eigenvalue weighted by molar-refractivity contribution is 7.90. The summed E-state index contributed by atoms with van der Waals surface area (Å²) in [6, 6.07) is 8.53. The smallest absolute Gasteiger partial charge is 0.220 e. The van der Waals surface area contributed by atoms with Gasteiger partial charge in [0.05, 0.1) is 5.75 Å². The van der Waals surface area contributed by atoms with Crippen LogP contribution in [0, 0.1) is 13.8 Å². The molecule has 0 bridgehead atoms. The van der Waals surface area contributed by atoms with Gasteiger partial charge < -0.3 is 0 Å². The van der Waals surface area contributed by atoms with Gasteiger partial charge in [-0.3, -0.25) is 0 Å². The highest BCUT2D eigenvalue weighted by Gasteiger charge is 2.22. The van der Waals surface area contributed by atoms with Crippen molar-refractivity contribution in [2.75, 3.05) is 0 Å². The molecule has 0 aliphatic heterocycles. The quantitative estimate of drug-likeness (QED) is 0.733. The summed E-state index contributed by atoms with van der Waals surface area (Å²) in [5, 5.41) is 4.33. The fraction of sp³-hybridized carbons (Fsp3) is 0.214. The topological polar surface area (TPSA) is 77.2 Å². The maximum atomic E-state index is 12.5. The van der Waals surface area contributed by atoms with Crippen molar-refractivity contribution in [2.24, 2.45) is 0 Å². The molecule has 22 heavy (non-hydrogen) atoms. The summed E-state index contributed by atoms with van der Waals surface area (Å²) in [6.45, 7) is 3.64. The monoisotopic (exact) mass is 336 g/mol. The Kier molecular flexibility index (Phi) is 3.62. The fourth-order valence-electron chi connectivity index (χ4n) is 2.19. The summed E-state index contributed by atoms with van der Waals surface area (Å²) in [4.78, 5) is 8.24. The molecule has 0 N–H and O–H groups in total. The average Bonchev–Trinajstić information content (AvgIpc) is 2.83. The minimum Gasteiger partial charge on any atom is -0.220 e. The van der Waals surface area contributed by atoms with Crippen LogP contribution < -0.4 is 0 Å². The van der Waals surface area contributed by atoms with Crippen LogP contribution in [-0.4, -0.2) is 28.0 Å². The largest absolute Gasteiger partial charge is 0.269 e. The SMILES string of the molecule is Cc1cc(C)n2nc(S(=O)(=O)Cc3cccc(Cl)c3)nc2n1. The minimum atomic E-state index is -3.66. The molecule has 2 aromatic heterocycles. The molecule has 3 rings (SSSR count). The van der Waals surface area contributed by atoms with Gasteiger partial charge in [0.2, 0.25) is 9.84 Å². The molecule has 0 fully saturated rings. The summed E-state index contributed by atoms with van der Waals surface area (Å²) in [6.07, 6.45) is 0. The number of sulfone groups is 1. The Morgan fingerprint density at radius 1 is 1.18 bits per heavy atom. The second-order valence-electron chi connectivity index (χ2n) is 5.03. The first-order chi connectivity index (χ1) is 10.3. The number of rotatable bonds is 3. The first-order valence-electron chi connectivity index (χ1n) is 6.53. The number of aryl methyl sites for hydroxylation is 2. The molecule has 0 aliphatic rings. The van der Waals surface area contributed by atoms with Crippen molar-refractivity contribution >= 4 is 27.2 Å². The Hall–Kier alpha value is -1.99. The maximum absolute atomic E-state index is 12.5. The van der Waals surface area contributed by atoms with E-state index in [0.29, 0.717) is 10.6 Å². The predicted octanol–water partition coefficient (Wildman–Crippen LogP) is 2.37. The van der Waals surface area contributed by atoms with Crippen molar-refractivity contribution in [2.45, 2.75) is 24.8 Å². The van der Waals surface area contributed by atoms with Crippen molar-refractivity contribution in [1.82, 2.24) is 19.6 Å². The number of nitrogens with zero attached hydrogens (tertiary/aromatic N) is 4. The van der Waals surface area contributed by atoms with Gasteiger partial charge in [0, 0.05) is 16.4 Å². The van der Waals surface area contributed by atoms with E-state index in [9.17, 15) is 8.42 Å². The third-order valence-electron chi connectivity index (χ3n) is 3.12. The van der Waals surface area contributed by atoms with E-state index in [1.165, 1.54) is 4.52 Å². The van der Waals surface area contributed by atoms with Crippen molar-refractivity contribution in [3.8, 4) is 0 Å². The van der Waals surface area contributed by atoms with Gasteiger partial charge in [-0.1, -0.05) is 23.7 Å². The standard InChI is InChI=1S/C14H13ClN4O2S/c1-9-6-10(2)19-13(16-9)17-14(18-19)22(20,21)8-11-4-3-5-12(15)7-11/h3-7H,8H2,1-2H3. The zero-order valence-electron chi connectivity index (χ0n) is 12.0. The average molecular weight is 337 g/mol. The number of benzene rings is 1. The van der Waals surface area contributed by atoms with E-state index in [1.807, 2.05) is 19.9 Å². The molecule has 8 heteroatoms. The summed E-state index contributed by atoms with van der Waals surface area (Å²) in [5.74, 6) is 0.0739. The third kappa shape index (κ3) is 2.82. The van der Waals surface area contributed by atoms with E-state index in [-0.39, 0.29) is 16.7 Å². The van der Waals surface area contributed by atoms with Crippen LogP contribution in [-0.2, 0) is 15.6 Å². The number of aromatic nitrogens is 4. The molecule has 0 saturated carbocycles. The van der Waals surface area contributed by atoms with E-state index in [0.717, 1.165) is 11.4 Å². The lowest BCUT2D eigenvalue weighted by Gasteiger charge is -2.01. The number of halogens is 1. The van der Waals surface area contributed by atoms with Gasteiger partial charge in [-0.05, 0) is 37.6 Å². The molecule has 114 valence electrons. The van der Waals surface area contributed by atoms with E-state index >= 15 is 0 Å². The van der Waals surface area contributed by atoms with Crippen molar-refractivity contribution in [1.29, 1.82) is 0 Å². The van der Waals surface area contributed by atoms with Crippen molar-refractivity contribution in [3.63, 3.8) is 0 Å². The molecule has 0 unspecified atom stereocenters. The summed E-state index contributed by atoms with van der Waals surface area (Å²) >= 11 is 5.88. The molecular formula is C14H13ClN4O2S. The normalized spacial score (nSPS) is 12.0. The van der Waals surface area contributed by atoms with Crippen LogP contribution in [0.2, 0.25) is 5.02 Å². The first kappa shape index (κ1) is 14.9. The fourth-order valence-corrected chi connectivity index (χ4v) is 3.58. The van der Waals surface area contributed by atoms with Gasteiger partial charge in [0.1, 0.15) is 0 Å². The summed E-state index contributed by atoms with van der Waals surface area (Å²) in [7, 11) is -3.66. The predicted molar refractivity (Wildman–Crippen MR) is 82.6 cm³/mol. The van der Waals surface area contributed by atoms with Crippen LogP contribution >= 0.6 is 11.6 Å². The molecule has 0 radical (unpaired) electrons. The van der Waals surface area contributed by atoms with Crippen LogP contribution in [0.4, 0.5) is 0 Å². The van der Waals surface area contributed by atoms with Crippen molar-refractivity contribution in [3.05, 3.63) is 52.3 Å². The van der Waals surface area contributed by atoms with Gasteiger partial charge in [0.25, 0.3) is 10.9 Å². The molecule has 0 atom stereocenters. The van der Waals surface area contributed by atoms with Crippen LogP contribution in [0.25, 0.3) is 5.78 Å². The number of hydrogen-bond donors (Lipinski definition) is 0. The van der Waals surface area contributed by atoms with Gasteiger partial charge in [-0.2, -0.15) is 4.98 Å². The summed E-state index contributed by atoms with van der Waals surface area (Å²) in [5.41, 5.74) is 2.13. The Morgan fingerprint density at radius 2 is 1.95 bits per heavy atom. The highest BCUT2D eigenvalue weighted by Crippen LogP contribution is 2.17. The molecule has 1 aromatic carbocycles. The van der Waals surface area contributed by atoms with Gasteiger partial charge in [0.15, 0.2) is 0 Å². The third-order valence-corrected chi connectivity index (χ3v) is 4.80. The number of hydrogen-bond acceptors (Lipinski definition) is 5. The van der Waals surface area contributed by atoms with E-state index in [1.54, 1.807) is 24.3 Å². The van der Waals surface area contributed by atoms with Crippen LogP contribution in [0.15, 0.2) is 35.5 Å². The lowest BCUT2D eigenvalue weighted by atomic mass is 10.2. The zero-order valence-corrected chi connectivity index (χ0v) is 13.6. The molecule has 0 amide bonds. The molecule has 0 aliphatic carbocycles. The van der Waals surface area contributed by atoms with E-state index in [4.69, 9.17) is 11.6 Å². The maximum Gasteiger partial charge on any atom is 0.269 e. The Bertz CT molecular complexity index is 966. The molecule has 0 spiro atoms. The molecular weight excluding hydrogens is 324 g/mol. The van der Waals surface area contributed by atoms with Gasteiger partial charge in [-0.25, -0.2) is 17.9 Å². The Balaban J connectivity index is 2.04. The molecule has 2 heterocycles. The van der Waals surface area contributed by atoms with Gasteiger partial charge in [-0.15, -0.1) is 5.10 Å². The first-order valence-corrected chi connectivity index (χ1v) is 8.56. The van der Waals surface area contributed by atoms with Crippen LogP contribution in [0.5, 0.6) is 0 Å². The molecule has 6 nitrogen and oxygen atoms in total. The van der Waals surface area contributed by atoms with Gasteiger partial charge >= 0.3 is 0 Å². The lowest BCUT2D eigenvalue weighted by Crippen LogP contribution is -2.07. The van der Waals surface area contributed by atoms with Crippen LogP contribution in [0.1, 0.15) is 17.0 Å².